The van der Waals surface area contributed by atoms with E-state index in [2.05, 4.69) is 25.8 Å². The third kappa shape index (κ3) is 6.51. The van der Waals surface area contributed by atoms with E-state index >= 15 is 0 Å². The summed E-state index contributed by atoms with van der Waals surface area (Å²) in [5.41, 5.74) is 0.324. The molecule has 3 amide bonds. The van der Waals surface area contributed by atoms with Crippen LogP contribution in [0, 0.1) is 25.2 Å². The first-order valence-corrected chi connectivity index (χ1v) is 10.2. The lowest BCUT2D eigenvalue weighted by Gasteiger charge is -2.31. The Morgan fingerprint density at radius 3 is 2.43 bits per heavy atom. The molecule has 28 heavy (non-hydrogen) atoms. The molecule has 8 nitrogen and oxygen atoms in total. The van der Waals surface area contributed by atoms with Gasteiger partial charge >= 0.3 is 6.03 Å². The molecule has 0 radical (unpaired) electrons. The number of hydrogen-bond donors (Lipinski definition) is 3. The second-order valence-corrected chi connectivity index (χ2v) is 8.28. The van der Waals surface area contributed by atoms with E-state index in [1.54, 1.807) is 0 Å². The van der Waals surface area contributed by atoms with E-state index in [9.17, 15) is 9.59 Å². The van der Waals surface area contributed by atoms with Gasteiger partial charge in [0, 0.05) is 19.6 Å². The Balaban J connectivity index is 1.65. The molecular weight excluding hydrogens is 358 g/mol. The van der Waals surface area contributed by atoms with Crippen LogP contribution in [0.5, 0.6) is 0 Å². The van der Waals surface area contributed by atoms with Gasteiger partial charge in [0.15, 0.2) is 0 Å². The van der Waals surface area contributed by atoms with Crippen molar-refractivity contribution in [2.24, 2.45) is 11.3 Å². The molecule has 0 aliphatic carbocycles. The van der Waals surface area contributed by atoms with Gasteiger partial charge in [-0.2, -0.15) is 0 Å². The lowest BCUT2D eigenvalue weighted by atomic mass is 9.92. The minimum atomic E-state index is -0.630. The van der Waals surface area contributed by atoms with E-state index < -0.39 is 5.41 Å². The van der Waals surface area contributed by atoms with Gasteiger partial charge in [0.1, 0.15) is 5.76 Å². The number of aromatic nitrogens is 1. The van der Waals surface area contributed by atoms with Crippen LogP contribution in [0.4, 0.5) is 4.79 Å². The van der Waals surface area contributed by atoms with Gasteiger partial charge in [0.05, 0.1) is 17.7 Å². The monoisotopic (exact) mass is 393 g/mol. The summed E-state index contributed by atoms with van der Waals surface area (Å²) >= 11 is 0. The maximum atomic E-state index is 12.1. The highest BCUT2D eigenvalue weighted by Crippen LogP contribution is 2.19. The fourth-order valence-corrected chi connectivity index (χ4v) is 3.23. The van der Waals surface area contributed by atoms with E-state index in [-0.39, 0.29) is 11.9 Å². The minimum absolute atomic E-state index is 0.0564. The zero-order chi connectivity index (χ0) is 20.7. The van der Waals surface area contributed by atoms with Crippen molar-refractivity contribution in [3.05, 3.63) is 17.3 Å². The predicted octanol–water partition coefficient (Wildman–Crippen LogP) is 1.96. The summed E-state index contributed by atoms with van der Waals surface area (Å²) in [6.07, 6.45) is 2.06. The molecule has 0 aromatic carbocycles. The van der Waals surface area contributed by atoms with E-state index in [4.69, 9.17) is 4.42 Å². The van der Waals surface area contributed by atoms with Crippen molar-refractivity contribution in [2.45, 2.75) is 54.0 Å². The van der Waals surface area contributed by atoms with Gasteiger partial charge in [-0.25, -0.2) is 9.78 Å². The van der Waals surface area contributed by atoms with Crippen molar-refractivity contribution in [3.8, 4) is 0 Å². The minimum Gasteiger partial charge on any atom is -0.444 e. The molecule has 1 aromatic rings. The Hall–Kier alpha value is -2.09. The molecule has 8 heteroatoms. The van der Waals surface area contributed by atoms with Crippen LogP contribution in [0.15, 0.2) is 4.42 Å². The average Bonchev–Trinajstić information content (AvgIpc) is 2.97. The number of aryl methyl sites for hydroxylation is 2. The molecule has 1 aliphatic rings. The first-order chi connectivity index (χ1) is 13.2. The van der Waals surface area contributed by atoms with E-state index in [1.165, 1.54) is 0 Å². The number of piperidine rings is 1. The van der Waals surface area contributed by atoms with Crippen LogP contribution in [0.3, 0.4) is 0 Å². The largest absolute Gasteiger partial charge is 0.444 e. The Morgan fingerprint density at radius 1 is 1.18 bits per heavy atom. The maximum absolute atomic E-state index is 12.1. The van der Waals surface area contributed by atoms with Gasteiger partial charge in [-0.05, 0) is 66.5 Å². The molecule has 2 rings (SSSR count). The van der Waals surface area contributed by atoms with Crippen molar-refractivity contribution in [1.82, 2.24) is 25.8 Å². The third-order valence-corrected chi connectivity index (χ3v) is 5.33. The Bertz CT molecular complexity index is 643. The number of rotatable bonds is 8. The Kier molecular flexibility index (Phi) is 7.86. The van der Waals surface area contributed by atoms with Crippen LogP contribution in [0.25, 0.3) is 0 Å². The van der Waals surface area contributed by atoms with E-state index in [0.717, 1.165) is 49.8 Å². The van der Waals surface area contributed by atoms with Gasteiger partial charge in [-0.15, -0.1) is 0 Å². The molecule has 1 fully saturated rings. The predicted molar refractivity (Wildman–Crippen MR) is 108 cm³/mol. The number of hydrogen-bond acceptors (Lipinski definition) is 5. The number of carbonyl (C=O) groups excluding carboxylic acids is 2. The molecule has 0 atom stereocenters. The van der Waals surface area contributed by atoms with Crippen LogP contribution in [-0.4, -0.2) is 54.5 Å². The van der Waals surface area contributed by atoms with Crippen molar-refractivity contribution in [2.75, 3.05) is 32.7 Å². The highest BCUT2D eigenvalue weighted by atomic mass is 16.4. The second kappa shape index (κ2) is 9.91. The standard InChI is InChI=1S/C20H35N5O3/c1-6-21-18(26)20(4,5)13-23-19(27)22-11-16-7-9-25(10-8-16)12-17-24-14(2)15(3)28-17/h16H,6-13H2,1-5H3,(H,21,26)(H2,22,23,27). The summed E-state index contributed by atoms with van der Waals surface area (Å²) in [7, 11) is 0. The molecule has 1 aromatic heterocycles. The summed E-state index contributed by atoms with van der Waals surface area (Å²) < 4.78 is 5.66. The molecule has 158 valence electrons. The van der Waals surface area contributed by atoms with Gasteiger partial charge in [0.25, 0.3) is 0 Å². The molecule has 2 heterocycles. The third-order valence-electron chi connectivity index (χ3n) is 5.33. The molecule has 1 aliphatic heterocycles. The topological polar surface area (TPSA) is 99.5 Å². The van der Waals surface area contributed by atoms with Crippen LogP contribution >= 0.6 is 0 Å². The summed E-state index contributed by atoms with van der Waals surface area (Å²) in [4.78, 5) is 30.8. The first kappa shape index (κ1) is 22.2. The molecule has 0 spiro atoms. The molecular formula is C20H35N5O3. The Morgan fingerprint density at radius 2 is 1.86 bits per heavy atom. The van der Waals surface area contributed by atoms with Crippen molar-refractivity contribution in [1.29, 1.82) is 0 Å². The summed E-state index contributed by atoms with van der Waals surface area (Å²) in [5, 5.41) is 8.54. The second-order valence-electron chi connectivity index (χ2n) is 8.28. The number of nitrogens with one attached hydrogen (secondary N) is 3. The number of likely N-dealkylation sites (tertiary alicyclic amines) is 1. The first-order valence-electron chi connectivity index (χ1n) is 10.2. The smallest absolute Gasteiger partial charge is 0.314 e. The SMILES string of the molecule is CCNC(=O)C(C)(C)CNC(=O)NCC1CCN(Cc2nc(C)c(C)o2)CC1. The van der Waals surface area contributed by atoms with Gasteiger partial charge < -0.3 is 20.4 Å². The zero-order valence-electron chi connectivity index (χ0n) is 17.9. The fraction of sp³-hybridized carbons (Fsp3) is 0.750. The summed E-state index contributed by atoms with van der Waals surface area (Å²) in [5.74, 6) is 2.07. The average molecular weight is 394 g/mol. The highest BCUT2D eigenvalue weighted by molar-refractivity contribution is 5.83. The van der Waals surface area contributed by atoms with Crippen LogP contribution in [0.2, 0.25) is 0 Å². The Labute approximate surface area is 167 Å². The zero-order valence-corrected chi connectivity index (χ0v) is 17.9. The molecule has 0 saturated carbocycles. The van der Waals surface area contributed by atoms with Crippen LogP contribution in [0.1, 0.15) is 51.0 Å². The number of oxazole rings is 1. The van der Waals surface area contributed by atoms with E-state index in [0.29, 0.717) is 25.6 Å². The highest BCUT2D eigenvalue weighted by Gasteiger charge is 2.28. The van der Waals surface area contributed by atoms with Crippen molar-refractivity contribution < 1.29 is 14.0 Å². The van der Waals surface area contributed by atoms with Gasteiger partial charge in [-0.1, -0.05) is 0 Å². The quantitative estimate of drug-likeness (QED) is 0.627. The van der Waals surface area contributed by atoms with Gasteiger partial charge in [-0.3, -0.25) is 9.69 Å². The van der Waals surface area contributed by atoms with Crippen LogP contribution in [-0.2, 0) is 11.3 Å². The lowest BCUT2D eigenvalue weighted by molar-refractivity contribution is -0.128. The van der Waals surface area contributed by atoms with Gasteiger partial charge in [0.2, 0.25) is 11.8 Å². The van der Waals surface area contributed by atoms with Crippen LogP contribution < -0.4 is 16.0 Å². The molecule has 0 unspecified atom stereocenters. The normalized spacial score (nSPS) is 16.0. The number of carbonyl (C=O) groups is 2. The number of amides is 3. The number of urea groups is 1. The number of nitrogens with zero attached hydrogens (tertiary/aromatic N) is 2. The summed E-state index contributed by atoms with van der Waals surface area (Å²) in [6, 6.07) is -0.217. The maximum Gasteiger partial charge on any atom is 0.314 e. The van der Waals surface area contributed by atoms with Crippen molar-refractivity contribution >= 4 is 11.9 Å². The lowest BCUT2D eigenvalue weighted by Crippen LogP contribution is -2.48. The molecule has 0 bridgehead atoms. The van der Waals surface area contributed by atoms with E-state index in [1.807, 2.05) is 34.6 Å². The van der Waals surface area contributed by atoms with Crippen molar-refractivity contribution in [3.63, 3.8) is 0 Å². The molecule has 3 N–H and O–H groups in total. The molecule has 1 saturated heterocycles. The summed E-state index contributed by atoms with van der Waals surface area (Å²) in [6.45, 7) is 13.7. The fourth-order valence-electron chi connectivity index (χ4n) is 3.23.